The Kier molecular flexibility index (Phi) is 5.44. The lowest BCUT2D eigenvalue weighted by atomic mass is 10.1. The quantitative estimate of drug-likeness (QED) is 0.347. The molecule has 1 heterocycles. The second kappa shape index (κ2) is 7.96. The number of benzene rings is 2. The van der Waals surface area contributed by atoms with Crippen LogP contribution < -0.4 is 9.47 Å². The van der Waals surface area contributed by atoms with Crippen LogP contribution in [0.25, 0.3) is 5.69 Å². The van der Waals surface area contributed by atoms with E-state index in [9.17, 15) is 14.9 Å². The molecule has 2 aromatic carbocycles. The van der Waals surface area contributed by atoms with E-state index in [1.807, 2.05) is 54.8 Å². The number of hydrogen-bond donors (Lipinski definition) is 0. The van der Waals surface area contributed by atoms with E-state index < -0.39 is 4.92 Å². The molecule has 0 atom stereocenters. The smallest absolute Gasteiger partial charge is 0.273 e. The molecule has 0 unspecified atom stereocenters. The minimum atomic E-state index is -0.526. The summed E-state index contributed by atoms with van der Waals surface area (Å²) in [5.41, 5.74) is 3.12. The van der Waals surface area contributed by atoms with Crippen LogP contribution in [0.2, 0.25) is 0 Å². The van der Waals surface area contributed by atoms with Gasteiger partial charge >= 0.3 is 0 Å². The van der Waals surface area contributed by atoms with E-state index in [-0.39, 0.29) is 23.8 Å². The number of methoxy groups -OCH3 is 1. The normalized spacial score (nSPS) is 10.5. The Morgan fingerprint density at radius 3 is 2.43 bits per heavy atom. The molecule has 7 nitrogen and oxygen atoms in total. The first kappa shape index (κ1) is 19.2. The van der Waals surface area contributed by atoms with Gasteiger partial charge in [0.25, 0.3) is 5.69 Å². The average Bonchev–Trinajstić information content (AvgIpc) is 3.00. The van der Waals surface area contributed by atoms with Gasteiger partial charge in [0.05, 0.1) is 18.1 Å². The van der Waals surface area contributed by atoms with Crippen molar-refractivity contribution in [1.82, 2.24) is 4.57 Å². The number of aryl methyl sites for hydroxylation is 1. The van der Waals surface area contributed by atoms with Crippen LogP contribution in [0.4, 0.5) is 5.69 Å². The molecule has 3 rings (SSSR count). The molecule has 0 aliphatic rings. The molecule has 0 radical (unpaired) electrons. The number of non-ortho nitro benzene ring substituents is 1. The number of nitro benzene ring substituents is 1. The van der Waals surface area contributed by atoms with Gasteiger partial charge in [0.15, 0.2) is 18.1 Å². The van der Waals surface area contributed by atoms with E-state index in [4.69, 9.17) is 9.47 Å². The third kappa shape index (κ3) is 3.73. The number of nitro groups is 1. The number of carbonyl (C=O) groups is 1. The van der Waals surface area contributed by atoms with Crippen molar-refractivity contribution in [2.24, 2.45) is 0 Å². The Morgan fingerprint density at radius 1 is 1.07 bits per heavy atom. The highest BCUT2D eigenvalue weighted by Crippen LogP contribution is 2.31. The van der Waals surface area contributed by atoms with Crippen LogP contribution >= 0.6 is 0 Å². The Balaban J connectivity index is 1.83. The molecule has 0 spiro atoms. The zero-order chi connectivity index (χ0) is 20.3. The van der Waals surface area contributed by atoms with Gasteiger partial charge in [0.1, 0.15) is 0 Å². The highest BCUT2D eigenvalue weighted by atomic mass is 16.6. The van der Waals surface area contributed by atoms with Gasteiger partial charge in [-0.15, -0.1) is 0 Å². The average molecular weight is 380 g/mol. The van der Waals surface area contributed by atoms with Crippen LogP contribution in [0.3, 0.4) is 0 Å². The van der Waals surface area contributed by atoms with Crippen LogP contribution in [0, 0.1) is 24.0 Å². The monoisotopic (exact) mass is 380 g/mol. The predicted molar refractivity (Wildman–Crippen MR) is 105 cm³/mol. The number of Topliss-reactive ketones (excluding diaryl/α,β-unsaturated/α-hetero) is 1. The molecule has 1 aromatic heterocycles. The van der Waals surface area contributed by atoms with Crippen LogP contribution in [0.1, 0.15) is 21.7 Å². The van der Waals surface area contributed by atoms with E-state index in [0.29, 0.717) is 11.3 Å². The summed E-state index contributed by atoms with van der Waals surface area (Å²) in [5.74, 6) is 0.263. The fourth-order valence-corrected chi connectivity index (χ4v) is 3.13. The number of nitrogens with zero attached hydrogens (tertiary/aromatic N) is 2. The molecular formula is C21H20N2O5. The van der Waals surface area contributed by atoms with Gasteiger partial charge in [-0.3, -0.25) is 14.9 Å². The number of aromatic nitrogens is 1. The van der Waals surface area contributed by atoms with Crippen molar-refractivity contribution < 1.29 is 19.2 Å². The fraction of sp³-hybridized carbons (Fsp3) is 0.190. The van der Waals surface area contributed by atoms with Crippen molar-refractivity contribution in [3.8, 4) is 17.2 Å². The highest BCUT2D eigenvalue weighted by Gasteiger charge is 2.19. The zero-order valence-electron chi connectivity index (χ0n) is 15.8. The lowest BCUT2D eigenvalue weighted by Crippen LogP contribution is -2.13. The second-order valence-corrected chi connectivity index (χ2v) is 6.26. The van der Waals surface area contributed by atoms with E-state index in [2.05, 4.69) is 0 Å². The van der Waals surface area contributed by atoms with Crippen molar-refractivity contribution in [2.45, 2.75) is 13.8 Å². The maximum Gasteiger partial charge on any atom is 0.273 e. The summed E-state index contributed by atoms with van der Waals surface area (Å²) in [6, 6.07) is 15.6. The lowest BCUT2D eigenvalue weighted by Gasteiger charge is -2.11. The number of hydrogen-bond acceptors (Lipinski definition) is 5. The first-order valence-electron chi connectivity index (χ1n) is 8.65. The van der Waals surface area contributed by atoms with Crippen LogP contribution in [0.15, 0.2) is 54.6 Å². The minimum Gasteiger partial charge on any atom is -0.493 e. The van der Waals surface area contributed by atoms with E-state index in [0.717, 1.165) is 17.1 Å². The summed E-state index contributed by atoms with van der Waals surface area (Å²) in [4.78, 5) is 23.2. The molecule has 0 amide bonds. The van der Waals surface area contributed by atoms with Crippen molar-refractivity contribution >= 4 is 11.5 Å². The van der Waals surface area contributed by atoms with Crippen molar-refractivity contribution in [3.63, 3.8) is 0 Å². The molecule has 0 bridgehead atoms. The van der Waals surface area contributed by atoms with E-state index in [1.165, 1.54) is 25.3 Å². The third-order valence-electron chi connectivity index (χ3n) is 4.46. The first-order chi connectivity index (χ1) is 13.4. The Morgan fingerprint density at radius 2 is 1.79 bits per heavy atom. The SMILES string of the molecule is COc1ccc([N+](=O)[O-])cc1OCC(=O)c1cc(C)n(-c2ccccc2)c1C. The standard InChI is InChI=1S/C21H20N2O5/c1-14-11-18(15(2)22(14)16-7-5-4-6-8-16)19(24)13-28-21-12-17(23(25)26)9-10-20(21)27-3/h4-12H,13H2,1-3H3. The van der Waals surface area contributed by atoms with Gasteiger partial charge in [0.2, 0.25) is 5.78 Å². The number of rotatable bonds is 7. The van der Waals surface area contributed by atoms with Gasteiger partial charge in [0, 0.05) is 28.7 Å². The van der Waals surface area contributed by atoms with Gasteiger partial charge < -0.3 is 14.0 Å². The highest BCUT2D eigenvalue weighted by molar-refractivity contribution is 5.98. The molecule has 0 saturated carbocycles. The maximum absolute atomic E-state index is 12.7. The summed E-state index contributed by atoms with van der Waals surface area (Å²) < 4.78 is 12.7. The summed E-state index contributed by atoms with van der Waals surface area (Å²) >= 11 is 0. The second-order valence-electron chi connectivity index (χ2n) is 6.26. The van der Waals surface area contributed by atoms with Gasteiger partial charge in [-0.25, -0.2) is 0 Å². The Hall–Kier alpha value is -3.61. The molecule has 144 valence electrons. The maximum atomic E-state index is 12.7. The number of ether oxygens (including phenoxy) is 2. The van der Waals surface area contributed by atoms with Gasteiger partial charge in [-0.2, -0.15) is 0 Å². The summed E-state index contributed by atoms with van der Waals surface area (Å²) in [6.07, 6.45) is 0. The van der Waals surface area contributed by atoms with Crippen LogP contribution in [-0.2, 0) is 0 Å². The van der Waals surface area contributed by atoms with Gasteiger partial charge in [-0.1, -0.05) is 18.2 Å². The summed E-state index contributed by atoms with van der Waals surface area (Å²) in [5, 5.41) is 11.0. The summed E-state index contributed by atoms with van der Waals surface area (Å²) in [7, 11) is 1.43. The topological polar surface area (TPSA) is 83.6 Å². The Bertz CT molecular complexity index is 1020. The molecule has 7 heteroatoms. The van der Waals surface area contributed by atoms with E-state index in [1.54, 1.807) is 0 Å². The van der Waals surface area contributed by atoms with Crippen LogP contribution in [-0.4, -0.2) is 29.0 Å². The first-order valence-corrected chi connectivity index (χ1v) is 8.65. The van der Waals surface area contributed by atoms with Crippen molar-refractivity contribution in [2.75, 3.05) is 13.7 Å². The van der Waals surface area contributed by atoms with Crippen molar-refractivity contribution in [3.05, 3.63) is 81.7 Å². The molecule has 3 aromatic rings. The molecule has 0 fully saturated rings. The number of ketones is 1. The molecule has 28 heavy (non-hydrogen) atoms. The number of carbonyl (C=O) groups excluding carboxylic acids is 1. The molecule has 0 N–H and O–H groups in total. The van der Waals surface area contributed by atoms with E-state index >= 15 is 0 Å². The minimum absolute atomic E-state index is 0.134. The number of para-hydroxylation sites is 1. The summed E-state index contributed by atoms with van der Waals surface area (Å²) in [6.45, 7) is 3.55. The van der Waals surface area contributed by atoms with Crippen LogP contribution in [0.5, 0.6) is 11.5 Å². The largest absolute Gasteiger partial charge is 0.493 e. The molecular weight excluding hydrogens is 360 g/mol. The third-order valence-corrected chi connectivity index (χ3v) is 4.46. The van der Waals surface area contributed by atoms with Crippen molar-refractivity contribution in [1.29, 1.82) is 0 Å². The fourth-order valence-electron chi connectivity index (χ4n) is 3.13. The lowest BCUT2D eigenvalue weighted by molar-refractivity contribution is -0.385. The van der Waals surface area contributed by atoms with Gasteiger partial charge in [-0.05, 0) is 38.1 Å². The zero-order valence-corrected chi connectivity index (χ0v) is 15.8. The Labute approximate surface area is 162 Å². The molecule has 0 aliphatic carbocycles. The molecule has 0 aliphatic heterocycles. The predicted octanol–water partition coefficient (Wildman–Crippen LogP) is 4.27. The molecule has 0 saturated heterocycles.